The van der Waals surface area contributed by atoms with E-state index in [0.717, 1.165) is 24.2 Å². The summed E-state index contributed by atoms with van der Waals surface area (Å²) in [7, 11) is 0. The van der Waals surface area contributed by atoms with Crippen molar-refractivity contribution in [2.45, 2.75) is 47.1 Å². The summed E-state index contributed by atoms with van der Waals surface area (Å²) in [6.45, 7) is 9.13. The van der Waals surface area contributed by atoms with Gasteiger partial charge in [0, 0.05) is 53.2 Å². The Hall–Kier alpha value is -4.48. The van der Waals surface area contributed by atoms with E-state index in [2.05, 4.69) is 20.5 Å². The molecule has 11 heteroatoms. The summed E-state index contributed by atoms with van der Waals surface area (Å²) < 4.78 is 16.8. The van der Waals surface area contributed by atoms with Gasteiger partial charge in [0.1, 0.15) is 18.2 Å². The smallest absolute Gasteiger partial charge is 0.275 e. The molecule has 4 aromatic rings. The van der Waals surface area contributed by atoms with Crippen molar-refractivity contribution in [3.63, 3.8) is 0 Å². The second-order valence-corrected chi connectivity index (χ2v) is 10.3. The van der Waals surface area contributed by atoms with Crippen molar-refractivity contribution in [1.82, 2.24) is 30.1 Å². The number of hydrogen-bond donors (Lipinski definition) is 3. The molecule has 0 bridgehead atoms. The maximum atomic E-state index is 15.5. The van der Waals surface area contributed by atoms with Gasteiger partial charge >= 0.3 is 0 Å². The zero-order valence-electron chi connectivity index (χ0n) is 24.4. The molecule has 0 atom stereocenters. The molecule has 2 aromatic heterocycles. The molecule has 2 heterocycles. The van der Waals surface area contributed by atoms with Crippen LogP contribution in [-0.4, -0.2) is 50.2 Å². The van der Waals surface area contributed by atoms with Crippen LogP contribution in [0.1, 0.15) is 49.5 Å². The Morgan fingerprint density at radius 1 is 1.05 bits per heavy atom. The molecule has 0 aliphatic rings. The molecule has 10 nitrogen and oxygen atoms in total. The van der Waals surface area contributed by atoms with Gasteiger partial charge in [0.15, 0.2) is 0 Å². The minimum absolute atomic E-state index is 0.0637. The first-order valence-corrected chi connectivity index (χ1v) is 14.0. The lowest BCUT2D eigenvalue weighted by Gasteiger charge is -2.23. The highest BCUT2D eigenvalue weighted by molar-refractivity contribution is 5.99. The number of aryl methyl sites for hydroxylation is 2. The number of carbonyl (C=O) groups is 1. The molecular weight excluding hydrogens is 535 g/mol. The van der Waals surface area contributed by atoms with Crippen molar-refractivity contribution in [3.05, 3.63) is 87.1 Å². The average molecular weight is 573 g/mol. The Bertz CT molecular complexity index is 1650. The third-order valence-corrected chi connectivity index (χ3v) is 6.83. The third-order valence-electron chi connectivity index (χ3n) is 6.83. The number of fused-ring (bicyclic) bond motifs is 1. The zero-order chi connectivity index (χ0) is 30.4. The van der Waals surface area contributed by atoms with Crippen molar-refractivity contribution in [2.75, 3.05) is 25.4 Å². The van der Waals surface area contributed by atoms with Crippen LogP contribution < -0.4 is 22.6 Å². The summed E-state index contributed by atoms with van der Waals surface area (Å²) in [5.41, 5.74) is 12.0. The Kier molecular flexibility index (Phi) is 9.76. The molecule has 5 N–H and O–H groups in total. The molecule has 0 spiro atoms. The van der Waals surface area contributed by atoms with Gasteiger partial charge in [0.25, 0.3) is 11.5 Å². The number of aromatic nitrogens is 4. The van der Waals surface area contributed by atoms with E-state index in [4.69, 9.17) is 11.6 Å². The fraction of sp³-hybridized carbons (Fsp3) is 0.323. The number of hydrogen-bond acceptors (Lipinski definition) is 8. The van der Waals surface area contributed by atoms with Crippen molar-refractivity contribution in [2.24, 2.45) is 5.84 Å². The van der Waals surface area contributed by atoms with Gasteiger partial charge in [0.05, 0.1) is 11.6 Å². The van der Waals surface area contributed by atoms with E-state index < -0.39 is 5.82 Å². The first-order valence-electron chi connectivity index (χ1n) is 14.0. The maximum Gasteiger partial charge on any atom is 0.275 e. The normalized spacial score (nSPS) is 11.7. The lowest BCUT2D eigenvalue weighted by Crippen LogP contribution is -2.37. The fourth-order valence-electron chi connectivity index (χ4n) is 4.97. The van der Waals surface area contributed by atoms with Crippen molar-refractivity contribution in [1.29, 1.82) is 0 Å². The molecule has 0 saturated carbocycles. The summed E-state index contributed by atoms with van der Waals surface area (Å²) in [6.07, 6.45) is 4.66. The summed E-state index contributed by atoms with van der Waals surface area (Å²) in [5, 5.41) is 5.39. The molecule has 0 unspecified atom stereocenters. The highest BCUT2D eigenvalue weighted by Gasteiger charge is 2.19. The van der Waals surface area contributed by atoms with Crippen LogP contribution in [0.15, 0.2) is 53.0 Å². The summed E-state index contributed by atoms with van der Waals surface area (Å²) in [5.74, 6) is 5.26. The molecule has 0 fully saturated rings. The minimum atomic E-state index is -0.577. The quantitative estimate of drug-likeness (QED) is 0.107. The SMILES string of the molecule is CCCN(CCC)C(=O)/C(=C/c1c(N)cc(-c2ccc3c(=O)n(Cc4nc(C)cc(C)n4)ncc3c2)cc1F)CNN. The topological polar surface area (TPSA) is 145 Å². The van der Waals surface area contributed by atoms with Crippen LogP contribution in [0, 0.1) is 19.7 Å². The molecule has 220 valence electrons. The van der Waals surface area contributed by atoms with Crippen LogP contribution in [0.2, 0.25) is 0 Å². The van der Waals surface area contributed by atoms with E-state index in [0.29, 0.717) is 46.4 Å². The summed E-state index contributed by atoms with van der Waals surface area (Å²) >= 11 is 0. The fourth-order valence-corrected chi connectivity index (χ4v) is 4.97. The van der Waals surface area contributed by atoms with Gasteiger partial charge < -0.3 is 10.6 Å². The molecule has 42 heavy (non-hydrogen) atoms. The predicted molar refractivity (Wildman–Crippen MR) is 164 cm³/mol. The number of hydrazine groups is 1. The van der Waals surface area contributed by atoms with Gasteiger partial charge in [-0.3, -0.25) is 20.9 Å². The van der Waals surface area contributed by atoms with E-state index >= 15 is 4.39 Å². The Balaban J connectivity index is 1.66. The number of amides is 1. The first kappa shape index (κ1) is 30.5. The summed E-state index contributed by atoms with van der Waals surface area (Å²) in [6, 6.07) is 10.1. The number of nitrogens with two attached hydrogens (primary N) is 2. The third kappa shape index (κ3) is 6.87. The highest BCUT2D eigenvalue weighted by Crippen LogP contribution is 2.30. The standard InChI is InChI=1S/C31H37FN8O2/c1-5-9-39(10-6-2)30(41)24(16-35-34)13-26-27(32)14-22(15-28(26)33)21-7-8-25-23(12-21)17-36-40(31(25)42)18-29-37-19(3)11-20(4)38-29/h7-8,11-15,17,35H,5-6,9-10,16,18,33-34H2,1-4H3/b24-13+. The number of carbonyl (C=O) groups excluding carboxylic acids is 1. The molecule has 1 amide bonds. The van der Waals surface area contributed by atoms with E-state index in [1.54, 1.807) is 35.4 Å². The van der Waals surface area contributed by atoms with Gasteiger partial charge in [0.2, 0.25) is 0 Å². The van der Waals surface area contributed by atoms with Gasteiger partial charge in [-0.05, 0) is 74.2 Å². The second-order valence-electron chi connectivity index (χ2n) is 10.3. The minimum Gasteiger partial charge on any atom is -0.398 e. The number of rotatable bonds is 11. The van der Waals surface area contributed by atoms with Gasteiger partial charge in [-0.2, -0.15) is 5.10 Å². The van der Waals surface area contributed by atoms with Crippen LogP contribution in [0.25, 0.3) is 28.0 Å². The van der Waals surface area contributed by atoms with Crippen LogP contribution >= 0.6 is 0 Å². The van der Waals surface area contributed by atoms with Crippen molar-refractivity contribution < 1.29 is 9.18 Å². The van der Waals surface area contributed by atoms with Crippen molar-refractivity contribution >= 4 is 28.4 Å². The lowest BCUT2D eigenvalue weighted by molar-refractivity contribution is -0.127. The largest absolute Gasteiger partial charge is 0.398 e. The van der Waals surface area contributed by atoms with Gasteiger partial charge in [-0.1, -0.05) is 19.9 Å². The van der Waals surface area contributed by atoms with E-state index in [9.17, 15) is 9.59 Å². The Labute approximate surface area is 244 Å². The number of halogens is 1. The van der Waals surface area contributed by atoms with Crippen LogP contribution in [0.5, 0.6) is 0 Å². The number of anilines is 1. The number of nitrogens with one attached hydrogen (secondary N) is 1. The lowest BCUT2D eigenvalue weighted by atomic mass is 9.98. The van der Waals surface area contributed by atoms with Crippen LogP contribution in [0.3, 0.4) is 0 Å². The molecule has 0 radical (unpaired) electrons. The van der Waals surface area contributed by atoms with E-state index in [1.807, 2.05) is 33.8 Å². The first-order chi connectivity index (χ1) is 20.1. The molecule has 4 rings (SSSR count). The number of benzene rings is 2. The molecular formula is C31H37FN8O2. The molecule has 0 aliphatic carbocycles. The van der Waals surface area contributed by atoms with Crippen LogP contribution in [0.4, 0.5) is 10.1 Å². The van der Waals surface area contributed by atoms with Crippen molar-refractivity contribution in [3.8, 4) is 11.1 Å². The van der Waals surface area contributed by atoms with Crippen LogP contribution in [-0.2, 0) is 11.3 Å². The summed E-state index contributed by atoms with van der Waals surface area (Å²) in [4.78, 5) is 36.9. The highest BCUT2D eigenvalue weighted by atomic mass is 19.1. The zero-order valence-corrected chi connectivity index (χ0v) is 24.4. The molecule has 0 aliphatic heterocycles. The van der Waals surface area contributed by atoms with Gasteiger partial charge in [-0.25, -0.2) is 19.0 Å². The molecule has 0 saturated heterocycles. The Morgan fingerprint density at radius 2 is 1.74 bits per heavy atom. The molecule has 2 aromatic carbocycles. The second kappa shape index (κ2) is 13.5. The Morgan fingerprint density at radius 3 is 2.36 bits per heavy atom. The van der Waals surface area contributed by atoms with Gasteiger partial charge in [-0.15, -0.1) is 0 Å². The average Bonchev–Trinajstić information content (AvgIpc) is 2.94. The number of nitrogen functional groups attached to an aromatic ring is 1. The monoisotopic (exact) mass is 572 g/mol. The maximum absolute atomic E-state index is 15.5. The number of nitrogens with zero attached hydrogens (tertiary/aromatic N) is 5. The van der Waals surface area contributed by atoms with E-state index in [-0.39, 0.29) is 35.8 Å². The predicted octanol–water partition coefficient (Wildman–Crippen LogP) is 3.74. The van der Waals surface area contributed by atoms with E-state index in [1.165, 1.54) is 16.8 Å².